The standard InChI is InChI=1S/C94H175NO8/c1-6-8-10-12-14-16-18-20-22-24-26-28-30-32-34-36-38-40-42-44-45-46-47-49-50-52-54-56-58-60-62-64-66-68-70-72-74-76-78-80-82-84-91(96)101-88-90(89-102-94(93(98)99)100-87-86-95(3,4)5)103-92(97)85-83-81-79-77-75-73-71-69-67-65-63-61-59-57-55-53-51-48-43-41-39-37-35-33-31-29-27-25-23-21-19-17-15-13-11-9-7-2/h9,11,15,17,21,23,27,29,33,35,90,94H,6-8,10,12-14,16,18-20,22,24-26,28,30-32,34,36-89H2,1-5H3/p+1/b11-9-,17-15-,23-21-,29-27-,35-33-. The first kappa shape index (κ1) is 100.0. The summed E-state index contributed by atoms with van der Waals surface area (Å²) in [5.74, 6) is -1.97. The van der Waals surface area contributed by atoms with Crippen molar-refractivity contribution in [1.82, 2.24) is 0 Å². The number of allylic oxidation sites excluding steroid dienone is 10. The number of hydrogen-bond acceptors (Lipinski definition) is 7. The molecule has 103 heavy (non-hydrogen) atoms. The minimum Gasteiger partial charge on any atom is -0.477 e. The number of carbonyl (C=O) groups excluding carboxylic acids is 2. The lowest BCUT2D eigenvalue weighted by molar-refractivity contribution is -0.870. The second-order valence-electron chi connectivity index (χ2n) is 32.2. The second-order valence-corrected chi connectivity index (χ2v) is 32.2. The third kappa shape index (κ3) is 86.1. The van der Waals surface area contributed by atoms with Crippen molar-refractivity contribution in [2.24, 2.45) is 0 Å². The van der Waals surface area contributed by atoms with Crippen LogP contribution in [0.2, 0.25) is 0 Å². The Balaban J connectivity index is 3.89. The van der Waals surface area contributed by atoms with Gasteiger partial charge in [-0.15, -0.1) is 0 Å². The number of esters is 2. The largest absolute Gasteiger partial charge is 0.477 e. The number of carboxylic acid groups (broad SMARTS) is 1. The first-order chi connectivity index (χ1) is 50.6. The Morgan fingerprint density at radius 1 is 0.301 bits per heavy atom. The topological polar surface area (TPSA) is 108 Å². The molecule has 0 radical (unpaired) electrons. The van der Waals surface area contributed by atoms with Crippen LogP contribution < -0.4 is 0 Å². The molecule has 0 aliphatic carbocycles. The van der Waals surface area contributed by atoms with Crippen LogP contribution in [0.1, 0.15) is 463 Å². The van der Waals surface area contributed by atoms with Crippen molar-refractivity contribution in [1.29, 1.82) is 0 Å². The molecule has 0 fully saturated rings. The van der Waals surface area contributed by atoms with Crippen molar-refractivity contribution in [3.05, 3.63) is 60.8 Å². The van der Waals surface area contributed by atoms with E-state index in [4.69, 9.17) is 18.9 Å². The normalized spacial score (nSPS) is 12.8. The van der Waals surface area contributed by atoms with Crippen molar-refractivity contribution in [2.75, 3.05) is 47.5 Å². The fourth-order valence-electron chi connectivity index (χ4n) is 13.9. The fourth-order valence-corrected chi connectivity index (χ4v) is 13.9. The van der Waals surface area contributed by atoms with Gasteiger partial charge in [0.2, 0.25) is 0 Å². The predicted octanol–water partition coefficient (Wildman–Crippen LogP) is 29.7. The van der Waals surface area contributed by atoms with Gasteiger partial charge in [0.25, 0.3) is 6.29 Å². The Labute approximate surface area is 641 Å². The van der Waals surface area contributed by atoms with Crippen molar-refractivity contribution in [3.8, 4) is 0 Å². The number of nitrogens with zero attached hydrogens (tertiary/aromatic N) is 1. The lowest BCUT2D eigenvalue weighted by Gasteiger charge is -2.25. The monoisotopic (exact) mass is 1450 g/mol. The molecule has 0 aromatic heterocycles. The summed E-state index contributed by atoms with van der Waals surface area (Å²) in [6.07, 6.45) is 112. The molecular formula is C94H176NO8+. The molecule has 1 N–H and O–H groups in total. The maximum Gasteiger partial charge on any atom is 0.361 e. The number of unbranched alkanes of at least 4 members (excludes halogenated alkanes) is 61. The Morgan fingerprint density at radius 2 is 0.553 bits per heavy atom. The minimum absolute atomic E-state index is 0.176. The summed E-state index contributed by atoms with van der Waals surface area (Å²) in [6.45, 7) is 4.85. The molecule has 9 heteroatoms. The molecular weight excluding hydrogens is 1270 g/mol. The first-order valence-electron chi connectivity index (χ1n) is 45.5. The summed E-state index contributed by atoms with van der Waals surface area (Å²) in [5.41, 5.74) is 0. The summed E-state index contributed by atoms with van der Waals surface area (Å²) in [6, 6.07) is 0. The Hall–Kier alpha value is -3.01. The highest BCUT2D eigenvalue weighted by molar-refractivity contribution is 5.71. The number of quaternary nitrogens is 1. The van der Waals surface area contributed by atoms with Gasteiger partial charge < -0.3 is 28.5 Å². The number of carbonyl (C=O) groups is 3. The Bertz CT molecular complexity index is 1880. The van der Waals surface area contributed by atoms with E-state index >= 15 is 0 Å². The van der Waals surface area contributed by atoms with E-state index in [0.29, 0.717) is 17.4 Å². The Morgan fingerprint density at radius 3 is 0.825 bits per heavy atom. The smallest absolute Gasteiger partial charge is 0.361 e. The van der Waals surface area contributed by atoms with Gasteiger partial charge in [-0.3, -0.25) is 9.59 Å². The summed E-state index contributed by atoms with van der Waals surface area (Å²) < 4.78 is 23.1. The molecule has 0 rings (SSSR count). The molecule has 0 saturated carbocycles. The van der Waals surface area contributed by atoms with Gasteiger partial charge in [0.15, 0.2) is 6.10 Å². The summed E-state index contributed by atoms with van der Waals surface area (Å²) in [7, 11) is 6.00. The van der Waals surface area contributed by atoms with E-state index in [2.05, 4.69) is 74.6 Å². The number of hydrogen-bond donors (Lipinski definition) is 1. The van der Waals surface area contributed by atoms with Gasteiger partial charge in [-0.25, -0.2) is 4.79 Å². The van der Waals surface area contributed by atoms with E-state index in [9.17, 15) is 19.5 Å². The predicted molar refractivity (Wildman–Crippen MR) is 447 cm³/mol. The number of likely N-dealkylation sites (N-methyl/N-ethyl adjacent to an activating group) is 1. The van der Waals surface area contributed by atoms with Crippen LogP contribution in [0.5, 0.6) is 0 Å². The highest BCUT2D eigenvalue weighted by atomic mass is 16.7. The van der Waals surface area contributed by atoms with Crippen LogP contribution >= 0.6 is 0 Å². The number of rotatable bonds is 86. The number of aliphatic carboxylic acids is 1. The second kappa shape index (κ2) is 84.6. The lowest BCUT2D eigenvalue weighted by atomic mass is 10.0. The van der Waals surface area contributed by atoms with Gasteiger partial charge in [0, 0.05) is 12.8 Å². The van der Waals surface area contributed by atoms with E-state index in [1.165, 1.54) is 366 Å². The van der Waals surface area contributed by atoms with Crippen LogP contribution in [0.3, 0.4) is 0 Å². The van der Waals surface area contributed by atoms with Crippen LogP contribution in [-0.4, -0.2) is 87.4 Å². The molecule has 0 heterocycles. The summed E-state index contributed by atoms with van der Waals surface area (Å²) in [4.78, 5) is 37.8. The van der Waals surface area contributed by atoms with Crippen LogP contribution in [0.25, 0.3) is 0 Å². The maximum absolute atomic E-state index is 13.0. The number of ether oxygens (including phenoxy) is 4. The van der Waals surface area contributed by atoms with Crippen LogP contribution in [0, 0.1) is 0 Å². The van der Waals surface area contributed by atoms with Crippen molar-refractivity contribution < 1.29 is 42.9 Å². The summed E-state index contributed by atoms with van der Waals surface area (Å²) >= 11 is 0. The van der Waals surface area contributed by atoms with Crippen LogP contribution in [-0.2, 0) is 33.3 Å². The van der Waals surface area contributed by atoms with Gasteiger partial charge in [0.05, 0.1) is 34.4 Å². The van der Waals surface area contributed by atoms with E-state index in [0.717, 1.165) is 70.6 Å². The number of carboxylic acids is 1. The molecule has 0 spiro atoms. The van der Waals surface area contributed by atoms with Gasteiger partial charge >= 0.3 is 17.9 Å². The molecule has 0 aliphatic heterocycles. The SMILES string of the molecule is CC/C=C\C/C=C\C/C=C\C/C=C\C/C=C\CCCCCCCCCCCCCCCCCCCCCCCC(=O)OC(COC(=O)CCCCCCCCCCCCCCCCCCCCCCCCCCCCCCCCCCCCCCCCCCC)COC(OCC[N+](C)(C)C)C(=O)O. The lowest BCUT2D eigenvalue weighted by Crippen LogP contribution is -2.40. The molecule has 0 saturated heterocycles. The molecule has 0 aliphatic rings. The van der Waals surface area contributed by atoms with Crippen LogP contribution in [0.15, 0.2) is 60.8 Å². The maximum atomic E-state index is 13.0. The molecule has 0 aromatic carbocycles. The molecule has 2 unspecified atom stereocenters. The van der Waals surface area contributed by atoms with Gasteiger partial charge in [-0.05, 0) is 57.8 Å². The molecule has 2 atom stereocenters. The zero-order chi connectivity index (χ0) is 74.6. The van der Waals surface area contributed by atoms with Gasteiger partial charge in [-0.2, -0.15) is 0 Å². The molecule has 9 nitrogen and oxygen atoms in total. The molecule has 0 bridgehead atoms. The quantitative estimate of drug-likeness (QED) is 0.0211. The van der Waals surface area contributed by atoms with E-state index in [1.54, 1.807) is 0 Å². The van der Waals surface area contributed by atoms with Gasteiger partial charge in [-0.1, -0.05) is 453 Å². The average Bonchev–Trinajstić information content (AvgIpc) is 1.16. The van der Waals surface area contributed by atoms with E-state index < -0.39 is 18.4 Å². The molecule has 0 aromatic rings. The molecule has 604 valence electrons. The minimum atomic E-state index is -1.51. The first-order valence-corrected chi connectivity index (χ1v) is 45.5. The average molecular weight is 1450 g/mol. The Kier molecular flexibility index (Phi) is 82.1. The highest BCUT2D eigenvalue weighted by Crippen LogP contribution is 2.21. The van der Waals surface area contributed by atoms with Crippen molar-refractivity contribution in [2.45, 2.75) is 476 Å². The zero-order valence-corrected chi connectivity index (χ0v) is 69.5. The fraction of sp³-hybridized carbons (Fsp3) is 0.862. The third-order valence-corrected chi connectivity index (χ3v) is 20.8. The van der Waals surface area contributed by atoms with Crippen molar-refractivity contribution in [3.63, 3.8) is 0 Å². The zero-order valence-electron chi connectivity index (χ0n) is 69.5. The van der Waals surface area contributed by atoms with E-state index in [-0.39, 0.29) is 38.2 Å². The summed E-state index contributed by atoms with van der Waals surface area (Å²) in [5, 5.41) is 9.80. The van der Waals surface area contributed by atoms with E-state index in [1.807, 2.05) is 21.1 Å². The highest BCUT2D eigenvalue weighted by Gasteiger charge is 2.25. The van der Waals surface area contributed by atoms with Crippen LogP contribution in [0.4, 0.5) is 0 Å². The third-order valence-electron chi connectivity index (χ3n) is 20.8. The molecule has 0 amide bonds. The van der Waals surface area contributed by atoms with Gasteiger partial charge in [0.1, 0.15) is 13.2 Å². The van der Waals surface area contributed by atoms with Crippen molar-refractivity contribution >= 4 is 17.9 Å².